The average molecular weight is 278 g/mol. The summed E-state index contributed by atoms with van der Waals surface area (Å²) in [4.78, 5) is 0. The standard InChI is InChI=1S/C12H11N5O.ClH/c1-18-9-2-3-10-8(6-9)7-11-12-13-14-15-17(12)5-4-16(10)11;/h2-3,6-7H,4-5H2,1H3;1H. The number of halogens is 1. The van der Waals surface area contributed by atoms with E-state index in [4.69, 9.17) is 4.74 Å². The van der Waals surface area contributed by atoms with Crippen molar-refractivity contribution >= 4 is 23.3 Å². The summed E-state index contributed by atoms with van der Waals surface area (Å²) in [5, 5.41) is 12.9. The van der Waals surface area contributed by atoms with Gasteiger partial charge in [-0.15, -0.1) is 17.5 Å². The lowest BCUT2D eigenvalue weighted by atomic mass is 10.2. The van der Waals surface area contributed by atoms with E-state index in [1.807, 2.05) is 16.8 Å². The number of aromatic nitrogens is 5. The fraction of sp³-hybridized carbons (Fsp3) is 0.250. The number of ether oxygens (including phenoxy) is 1. The van der Waals surface area contributed by atoms with Crippen LogP contribution in [0, 0.1) is 0 Å². The van der Waals surface area contributed by atoms with Gasteiger partial charge in [0.2, 0.25) is 0 Å². The van der Waals surface area contributed by atoms with Gasteiger partial charge in [0, 0.05) is 17.4 Å². The molecule has 1 aliphatic heterocycles. The third kappa shape index (κ3) is 1.60. The van der Waals surface area contributed by atoms with E-state index in [-0.39, 0.29) is 12.4 Å². The molecule has 7 heteroatoms. The summed E-state index contributed by atoms with van der Waals surface area (Å²) >= 11 is 0. The Morgan fingerprint density at radius 1 is 1.21 bits per heavy atom. The highest BCUT2D eigenvalue weighted by molar-refractivity contribution is 5.87. The molecule has 19 heavy (non-hydrogen) atoms. The number of methoxy groups -OCH3 is 1. The molecule has 3 aromatic rings. The van der Waals surface area contributed by atoms with Crippen LogP contribution in [-0.2, 0) is 13.1 Å². The maximum absolute atomic E-state index is 5.25. The van der Waals surface area contributed by atoms with Gasteiger partial charge in [0.25, 0.3) is 0 Å². The Bertz CT molecular complexity index is 748. The lowest BCUT2D eigenvalue weighted by Gasteiger charge is -2.15. The molecule has 0 radical (unpaired) electrons. The second kappa shape index (κ2) is 4.24. The van der Waals surface area contributed by atoms with Crippen LogP contribution in [0.1, 0.15) is 0 Å². The number of tetrazole rings is 1. The molecule has 1 aliphatic rings. The van der Waals surface area contributed by atoms with Gasteiger partial charge in [-0.25, -0.2) is 4.68 Å². The summed E-state index contributed by atoms with van der Waals surface area (Å²) in [6, 6.07) is 8.21. The van der Waals surface area contributed by atoms with E-state index in [1.54, 1.807) is 7.11 Å². The fourth-order valence-corrected chi connectivity index (χ4v) is 2.54. The second-order valence-electron chi connectivity index (χ2n) is 4.33. The van der Waals surface area contributed by atoms with Crippen LogP contribution < -0.4 is 4.74 Å². The van der Waals surface area contributed by atoms with Gasteiger partial charge < -0.3 is 9.30 Å². The zero-order valence-electron chi connectivity index (χ0n) is 10.3. The lowest BCUT2D eigenvalue weighted by molar-refractivity contribution is 0.415. The Kier molecular flexibility index (Phi) is 2.67. The number of nitrogens with zero attached hydrogens (tertiary/aromatic N) is 5. The zero-order valence-corrected chi connectivity index (χ0v) is 11.1. The van der Waals surface area contributed by atoms with E-state index in [2.05, 4.69) is 32.2 Å². The van der Waals surface area contributed by atoms with Crippen molar-refractivity contribution in [1.82, 2.24) is 24.8 Å². The Hall–Kier alpha value is -2.08. The van der Waals surface area contributed by atoms with E-state index < -0.39 is 0 Å². The van der Waals surface area contributed by atoms with Crippen LogP contribution in [0.4, 0.5) is 0 Å². The summed E-state index contributed by atoms with van der Waals surface area (Å²) in [5.41, 5.74) is 2.26. The average Bonchev–Trinajstić information content (AvgIpc) is 3.00. The predicted octanol–water partition coefficient (Wildman–Crippen LogP) is 1.74. The van der Waals surface area contributed by atoms with E-state index in [1.165, 1.54) is 5.52 Å². The summed E-state index contributed by atoms with van der Waals surface area (Å²) in [6.45, 7) is 1.70. The Labute approximate surface area is 115 Å². The van der Waals surface area contributed by atoms with Crippen LogP contribution >= 0.6 is 12.4 Å². The van der Waals surface area contributed by atoms with E-state index in [9.17, 15) is 0 Å². The van der Waals surface area contributed by atoms with Crippen LogP contribution in [0.25, 0.3) is 22.4 Å². The van der Waals surface area contributed by atoms with E-state index >= 15 is 0 Å². The monoisotopic (exact) mass is 277 g/mol. The minimum Gasteiger partial charge on any atom is -0.497 e. The summed E-state index contributed by atoms with van der Waals surface area (Å²) < 4.78 is 9.34. The van der Waals surface area contributed by atoms with Crippen molar-refractivity contribution < 1.29 is 4.74 Å². The Balaban J connectivity index is 0.00000110. The highest BCUT2D eigenvalue weighted by atomic mass is 35.5. The Morgan fingerprint density at radius 3 is 2.95 bits per heavy atom. The molecule has 6 nitrogen and oxygen atoms in total. The first-order valence-corrected chi connectivity index (χ1v) is 5.80. The van der Waals surface area contributed by atoms with Crippen LogP contribution in [-0.4, -0.2) is 31.9 Å². The summed E-state index contributed by atoms with van der Waals surface area (Å²) in [7, 11) is 1.68. The SMILES string of the molecule is COc1ccc2c(c1)cc1n2CCn2nnnc2-1.Cl. The molecule has 0 spiro atoms. The first-order chi connectivity index (χ1) is 8.86. The number of hydrogen-bond acceptors (Lipinski definition) is 4. The maximum Gasteiger partial charge on any atom is 0.198 e. The van der Waals surface area contributed by atoms with Crippen molar-refractivity contribution in [2.24, 2.45) is 0 Å². The third-order valence-electron chi connectivity index (χ3n) is 3.40. The predicted molar refractivity (Wildman–Crippen MR) is 72.5 cm³/mol. The van der Waals surface area contributed by atoms with Crippen molar-refractivity contribution in [1.29, 1.82) is 0 Å². The molecule has 0 bridgehead atoms. The molecule has 2 aromatic heterocycles. The molecule has 0 atom stereocenters. The fourth-order valence-electron chi connectivity index (χ4n) is 2.54. The van der Waals surface area contributed by atoms with Crippen molar-refractivity contribution in [2.45, 2.75) is 13.1 Å². The molecule has 0 saturated carbocycles. The van der Waals surface area contributed by atoms with Crippen LogP contribution in [0.2, 0.25) is 0 Å². The third-order valence-corrected chi connectivity index (χ3v) is 3.40. The van der Waals surface area contributed by atoms with Crippen LogP contribution in [0.3, 0.4) is 0 Å². The molecule has 0 fully saturated rings. The molecule has 0 unspecified atom stereocenters. The molecular formula is C12H12ClN5O. The number of aryl methyl sites for hydroxylation is 2. The number of fused-ring (bicyclic) bond motifs is 5. The van der Waals surface area contributed by atoms with Crippen molar-refractivity contribution in [3.8, 4) is 17.3 Å². The van der Waals surface area contributed by atoms with Gasteiger partial charge in [-0.05, 0) is 34.7 Å². The highest BCUT2D eigenvalue weighted by Gasteiger charge is 2.21. The van der Waals surface area contributed by atoms with E-state index in [0.717, 1.165) is 35.7 Å². The van der Waals surface area contributed by atoms with Gasteiger partial charge in [0.1, 0.15) is 5.75 Å². The molecule has 4 rings (SSSR count). The van der Waals surface area contributed by atoms with Crippen molar-refractivity contribution in [3.05, 3.63) is 24.3 Å². The number of benzene rings is 1. The van der Waals surface area contributed by atoms with Gasteiger partial charge in [0.15, 0.2) is 5.82 Å². The van der Waals surface area contributed by atoms with Crippen molar-refractivity contribution in [2.75, 3.05) is 7.11 Å². The smallest absolute Gasteiger partial charge is 0.198 e. The summed E-state index contributed by atoms with van der Waals surface area (Å²) in [6.07, 6.45) is 0. The van der Waals surface area contributed by atoms with Gasteiger partial charge in [0.05, 0.1) is 19.3 Å². The van der Waals surface area contributed by atoms with Crippen LogP contribution in [0.5, 0.6) is 5.75 Å². The lowest BCUT2D eigenvalue weighted by Crippen LogP contribution is -2.17. The molecule has 0 aliphatic carbocycles. The van der Waals surface area contributed by atoms with Crippen LogP contribution in [0.15, 0.2) is 24.3 Å². The Morgan fingerprint density at radius 2 is 2.11 bits per heavy atom. The zero-order chi connectivity index (χ0) is 12.1. The summed E-state index contributed by atoms with van der Waals surface area (Å²) in [5.74, 6) is 1.70. The minimum absolute atomic E-state index is 0. The first kappa shape index (κ1) is 12.0. The molecule has 0 saturated heterocycles. The van der Waals surface area contributed by atoms with Gasteiger partial charge in [-0.1, -0.05) is 0 Å². The molecular weight excluding hydrogens is 266 g/mol. The highest BCUT2D eigenvalue weighted by Crippen LogP contribution is 2.31. The van der Waals surface area contributed by atoms with Gasteiger partial charge in [-0.3, -0.25) is 0 Å². The molecule has 98 valence electrons. The second-order valence-corrected chi connectivity index (χ2v) is 4.33. The molecule has 0 N–H and O–H groups in total. The number of hydrogen-bond donors (Lipinski definition) is 0. The molecule has 3 heterocycles. The largest absolute Gasteiger partial charge is 0.497 e. The number of rotatable bonds is 1. The maximum atomic E-state index is 5.25. The van der Waals surface area contributed by atoms with Gasteiger partial charge >= 0.3 is 0 Å². The van der Waals surface area contributed by atoms with Gasteiger partial charge in [-0.2, -0.15) is 0 Å². The normalized spacial score (nSPS) is 12.7. The molecule has 0 amide bonds. The quantitative estimate of drug-likeness (QED) is 0.680. The topological polar surface area (TPSA) is 57.8 Å². The molecule has 1 aromatic carbocycles. The minimum atomic E-state index is 0. The van der Waals surface area contributed by atoms with E-state index in [0.29, 0.717) is 0 Å². The van der Waals surface area contributed by atoms with Crippen molar-refractivity contribution in [3.63, 3.8) is 0 Å². The first-order valence-electron chi connectivity index (χ1n) is 5.80.